The van der Waals surface area contributed by atoms with Gasteiger partial charge in [-0.3, -0.25) is 4.79 Å². The van der Waals surface area contributed by atoms with Crippen LogP contribution >= 0.6 is 11.6 Å². The Hall–Kier alpha value is -2.54. The van der Waals surface area contributed by atoms with Crippen LogP contribution in [0.4, 0.5) is 0 Å². The highest BCUT2D eigenvalue weighted by Crippen LogP contribution is 2.30. The van der Waals surface area contributed by atoms with Gasteiger partial charge in [0.1, 0.15) is 5.75 Å². The van der Waals surface area contributed by atoms with E-state index in [2.05, 4.69) is 9.47 Å². The average molecular weight is 442 g/mol. The van der Waals surface area contributed by atoms with Gasteiger partial charge in [-0.05, 0) is 38.1 Å². The van der Waals surface area contributed by atoms with Gasteiger partial charge in [-0.15, -0.1) is 5.06 Å². The molecule has 2 heterocycles. The molecule has 1 saturated heterocycles. The standard InChI is InChI=1S/C24H28ClN3O3/c1-18(29)20-17-27(24-19(20)7-5-10-23(24)30-2)12-6-11-26-13-15-28(16-14-26)31-22-9-4-3-8-21(22)25/h3-5,7-10,17H,6,11-16H2,1-2H3. The molecule has 1 aliphatic rings. The molecule has 4 rings (SSSR count). The number of Topliss-reactive ketones (excluding diaryl/α,β-unsaturated/α-hetero) is 1. The third kappa shape index (κ3) is 4.87. The third-order valence-corrected chi connectivity index (χ3v) is 6.04. The number of fused-ring (bicyclic) bond motifs is 1. The number of ether oxygens (including phenoxy) is 1. The van der Waals surface area contributed by atoms with Crippen LogP contribution in [-0.4, -0.2) is 60.1 Å². The summed E-state index contributed by atoms with van der Waals surface area (Å²) < 4.78 is 7.71. The second-order valence-electron chi connectivity index (χ2n) is 7.79. The lowest BCUT2D eigenvalue weighted by molar-refractivity contribution is -0.0884. The molecule has 0 radical (unpaired) electrons. The van der Waals surface area contributed by atoms with Gasteiger partial charge < -0.3 is 19.0 Å². The number of hydrogen-bond acceptors (Lipinski definition) is 5. The number of halogens is 1. The maximum atomic E-state index is 12.1. The number of piperazine rings is 1. The first-order valence-corrected chi connectivity index (χ1v) is 11.0. The van der Waals surface area contributed by atoms with Crippen molar-refractivity contribution in [1.29, 1.82) is 0 Å². The third-order valence-electron chi connectivity index (χ3n) is 5.73. The molecule has 1 aromatic heterocycles. The Morgan fingerprint density at radius 1 is 1.00 bits per heavy atom. The van der Waals surface area contributed by atoms with E-state index in [4.69, 9.17) is 21.2 Å². The monoisotopic (exact) mass is 441 g/mol. The molecule has 0 N–H and O–H groups in total. The van der Waals surface area contributed by atoms with Crippen LogP contribution in [-0.2, 0) is 6.54 Å². The number of hydroxylamine groups is 2. The number of hydrogen-bond donors (Lipinski definition) is 0. The van der Waals surface area contributed by atoms with Crippen molar-refractivity contribution in [2.45, 2.75) is 19.9 Å². The molecule has 0 aliphatic carbocycles. The highest BCUT2D eigenvalue weighted by atomic mass is 35.5. The molecule has 2 aromatic carbocycles. The molecule has 0 saturated carbocycles. The maximum Gasteiger partial charge on any atom is 0.166 e. The SMILES string of the molecule is COc1cccc2c(C(C)=O)cn(CCCN3CCN(Oc4ccccc4Cl)CC3)c12. The summed E-state index contributed by atoms with van der Waals surface area (Å²) in [6.07, 6.45) is 2.95. The summed E-state index contributed by atoms with van der Waals surface area (Å²) in [5.41, 5.74) is 1.74. The van der Waals surface area contributed by atoms with Crippen molar-refractivity contribution < 1.29 is 14.4 Å². The van der Waals surface area contributed by atoms with Gasteiger partial charge in [0.05, 0.1) is 17.6 Å². The second kappa shape index (κ2) is 9.73. The minimum Gasteiger partial charge on any atom is -0.495 e. The van der Waals surface area contributed by atoms with E-state index >= 15 is 0 Å². The van der Waals surface area contributed by atoms with Crippen LogP contribution in [0.2, 0.25) is 5.02 Å². The Morgan fingerprint density at radius 3 is 2.45 bits per heavy atom. The summed E-state index contributed by atoms with van der Waals surface area (Å²) in [6, 6.07) is 13.4. The first kappa shape index (κ1) is 21.7. The molecular formula is C24H28ClN3O3. The van der Waals surface area contributed by atoms with Crippen molar-refractivity contribution in [3.8, 4) is 11.5 Å². The summed E-state index contributed by atoms with van der Waals surface area (Å²) >= 11 is 6.19. The largest absolute Gasteiger partial charge is 0.495 e. The first-order valence-electron chi connectivity index (χ1n) is 10.6. The van der Waals surface area contributed by atoms with Crippen LogP contribution in [0, 0.1) is 0 Å². The van der Waals surface area contributed by atoms with Gasteiger partial charge in [0, 0.05) is 49.9 Å². The number of benzene rings is 2. The Bertz CT molecular complexity index is 1060. The van der Waals surface area contributed by atoms with Gasteiger partial charge in [0.25, 0.3) is 0 Å². The zero-order valence-electron chi connectivity index (χ0n) is 18.0. The topological polar surface area (TPSA) is 46.9 Å². The van der Waals surface area contributed by atoms with Crippen LogP contribution in [0.5, 0.6) is 11.5 Å². The smallest absolute Gasteiger partial charge is 0.166 e. The summed E-state index contributed by atoms with van der Waals surface area (Å²) in [5, 5.41) is 3.56. The fourth-order valence-electron chi connectivity index (χ4n) is 4.11. The van der Waals surface area contributed by atoms with Gasteiger partial charge in [-0.2, -0.15) is 0 Å². The highest BCUT2D eigenvalue weighted by Gasteiger charge is 2.19. The number of aromatic nitrogens is 1. The molecule has 6 nitrogen and oxygen atoms in total. The van der Waals surface area contributed by atoms with E-state index < -0.39 is 0 Å². The summed E-state index contributed by atoms with van der Waals surface area (Å²) in [7, 11) is 1.67. The van der Waals surface area contributed by atoms with Crippen LogP contribution in [0.3, 0.4) is 0 Å². The van der Waals surface area contributed by atoms with Crippen molar-refractivity contribution in [1.82, 2.24) is 14.5 Å². The summed E-state index contributed by atoms with van der Waals surface area (Å²) in [5.74, 6) is 1.58. The van der Waals surface area contributed by atoms with Crippen LogP contribution in [0.15, 0.2) is 48.7 Å². The highest BCUT2D eigenvalue weighted by molar-refractivity contribution is 6.32. The number of carbonyl (C=O) groups excluding carboxylic acids is 1. The Kier molecular flexibility index (Phi) is 6.80. The van der Waals surface area contributed by atoms with Gasteiger partial charge in [-0.1, -0.05) is 35.9 Å². The predicted octanol–water partition coefficient (Wildman–Crippen LogP) is 4.51. The number of carbonyl (C=O) groups is 1. The van der Waals surface area contributed by atoms with Crippen molar-refractivity contribution >= 4 is 28.3 Å². The molecular weight excluding hydrogens is 414 g/mol. The molecule has 164 valence electrons. The van der Waals surface area contributed by atoms with Crippen LogP contribution in [0.1, 0.15) is 23.7 Å². The number of aryl methyl sites for hydroxylation is 1. The molecule has 0 atom stereocenters. The van der Waals surface area contributed by atoms with Crippen molar-refractivity contribution in [3.05, 3.63) is 59.2 Å². The molecule has 0 spiro atoms. The zero-order valence-corrected chi connectivity index (χ0v) is 18.8. The van der Waals surface area contributed by atoms with Crippen molar-refractivity contribution in [3.63, 3.8) is 0 Å². The summed E-state index contributed by atoms with van der Waals surface area (Å²) in [6.45, 7) is 6.99. The molecule has 7 heteroatoms. The molecule has 0 unspecified atom stereocenters. The zero-order chi connectivity index (χ0) is 21.8. The van der Waals surface area contributed by atoms with E-state index in [1.807, 2.05) is 53.7 Å². The number of para-hydroxylation sites is 2. The maximum absolute atomic E-state index is 12.1. The van der Waals surface area contributed by atoms with Gasteiger partial charge in [0.15, 0.2) is 11.5 Å². The van der Waals surface area contributed by atoms with Gasteiger partial charge in [0.2, 0.25) is 0 Å². The lowest BCUT2D eigenvalue weighted by Gasteiger charge is -2.34. The molecule has 31 heavy (non-hydrogen) atoms. The minimum absolute atomic E-state index is 0.0756. The van der Waals surface area contributed by atoms with E-state index in [0.29, 0.717) is 10.8 Å². The Balaban J connectivity index is 1.33. The molecule has 0 bridgehead atoms. The lowest BCUT2D eigenvalue weighted by atomic mass is 10.1. The van der Waals surface area contributed by atoms with E-state index in [0.717, 1.165) is 67.9 Å². The fraction of sp³-hybridized carbons (Fsp3) is 0.375. The molecule has 1 aliphatic heterocycles. The van der Waals surface area contributed by atoms with Gasteiger partial charge in [-0.25, -0.2) is 0 Å². The first-order chi connectivity index (χ1) is 15.1. The molecule has 1 fully saturated rings. The molecule has 0 amide bonds. The van der Waals surface area contributed by atoms with Crippen LogP contribution < -0.4 is 9.57 Å². The Labute approximate surface area is 187 Å². The van der Waals surface area contributed by atoms with Crippen molar-refractivity contribution in [2.75, 3.05) is 39.8 Å². The number of ketones is 1. The van der Waals surface area contributed by atoms with Gasteiger partial charge >= 0.3 is 0 Å². The second-order valence-corrected chi connectivity index (χ2v) is 8.20. The minimum atomic E-state index is 0.0756. The molecule has 3 aromatic rings. The average Bonchev–Trinajstić information content (AvgIpc) is 3.16. The van der Waals surface area contributed by atoms with Crippen LogP contribution in [0.25, 0.3) is 10.9 Å². The fourth-order valence-corrected chi connectivity index (χ4v) is 4.28. The van der Waals surface area contributed by atoms with E-state index in [1.165, 1.54) is 0 Å². The predicted molar refractivity (Wildman–Crippen MR) is 123 cm³/mol. The van der Waals surface area contributed by atoms with Crippen molar-refractivity contribution in [2.24, 2.45) is 0 Å². The number of rotatable bonds is 8. The number of nitrogens with zero attached hydrogens (tertiary/aromatic N) is 3. The quantitative estimate of drug-likeness (QED) is 0.481. The van der Waals surface area contributed by atoms with E-state index in [1.54, 1.807) is 14.0 Å². The lowest BCUT2D eigenvalue weighted by Crippen LogP contribution is -2.47. The Morgan fingerprint density at radius 2 is 1.74 bits per heavy atom. The van der Waals surface area contributed by atoms with E-state index in [-0.39, 0.29) is 5.78 Å². The normalized spacial score (nSPS) is 15.3. The summed E-state index contributed by atoms with van der Waals surface area (Å²) in [4.78, 5) is 20.5. The number of methoxy groups -OCH3 is 1. The van der Waals surface area contributed by atoms with E-state index in [9.17, 15) is 4.79 Å².